The number of esters is 1. The first-order chi connectivity index (χ1) is 14.6. The van der Waals surface area contributed by atoms with Crippen molar-refractivity contribution in [1.82, 2.24) is 5.32 Å². The summed E-state index contributed by atoms with van der Waals surface area (Å²) in [7, 11) is 0. The van der Waals surface area contributed by atoms with Gasteiger partial charge in [0.1, 0.15) is 18.2 Å². The van der Waals surface area contributed by atoms with Crippen LogP contribution in [0.25, 0.3) is 0 Å². The fraction of sp³-hybridized carbons (Fsp3) is 0.167. The van der Waals surface area contributed by atoms with Gasteiger partial charge in [0.25, 0.3) is 5.91 Å². The van der Waals surface area contributed by atoms with Crippen molar-refractivity contribution in [2.45, 2.75) is 25.7 Å². The average molecular weight is 405 g/mol. The summed E-state index contributed by atoms with van der Waals surface area (Å²) in [6.07, 6.45) is -0.470. The lowest BCUT2D eigenvalue weighted by Crippen LogP contribution is -2.41. The molecule has 0 spiro atoms. The molecule has 1 heterocycles. The molecule has 0 fully saturated rings. The lowest BCUT2D eigenvalue weighted by Gasteiger charge is -2.23. The van der Waals surface area contributed by atoms with E-state index in [2.05, 4.69) is 5.32 Å². The normalized spacial score (nSPS) is 15.1. The zero-order chi connectivity index (χ0) is 20.9. The molecular formula is C24H20FNO4. The minimum Gasteiger partial charge on any atom is -0.489 e. The molecule has 0 aromatic heterocycles. The molecule has 0 radical (unpaired) electrons. The second kappa shape index (κ2) is 8.78. The number of rotatable bonds is 6. The molecule has 1 amide bonds. The molecule has 0 saturated carbocycles. The van der Waals surface area contributed by atoms with E-state index in [0.29, 0.717) is 24.3 Å². The number of fused-ring (bicyclic) bond motifs is 1. The van der Waals surface area contributed by atoms with E-state index in [1.54, 1.807) is 36.4 Å². The van der Waals surface area contributed by atoms with Crippen LogP contribution >= 0.6 is 0 Å². The second-order valence-corrected chi connectivity index (χ2v) is 7.04. The average Bonchev–Trinajstić information content (AvgIpc) is 2.77. The number of hydrogen-bond acceptors (Lipinski definition) is 4. The maximum atomic E-state index is 13.2. The van der Waals surface area contributed by atoms with E-state index in [9.17, 15) is 14.0 Å². The number of cyclic esters (lactones) is 1. The number of amides is 1. The molecule has 6 heteroatoms. The van der Waals surface area contributed by atoms with Crippen LogP contribution < -0.4 is 10.1 Å². The van der Waals surface area contributed by atoms with E-state index in [-0.39, 0.29) is 18.3 Å². The number of carbonyl (C=O) groups excluding carboxylic acids is 2. The van der Waals surface area contributed by atoms with E-state index >= 15 is 0 Å². The van der Waals surface area contributed by atoms with E-state index < -0.39 is 12.1 Å². The highest BCUT2D eigenvalue weighted by Gasteiger charge is 2.30. The van der Waals surface area contributed by atoms with Crippen LogP contribution in [0, 0.1) is 5.82 Å². The summed E-state index contributed by atoms with van der Waals surface area (Å²) in [5.41, 5.74) is 2.95. The Bertz CT molecular complexity index is 1060. The first-order valence-electron chi connectivity index (χ1n) is 9.61. The molecule has 0 aliphatic carbocycles. The first kappa shape index (κ1) is 19.6. The highest BCUT2D eigenvalue weighted by Crippen LogP contribution is 2.21. The largest absolute Gasteiger partial charge is 0.489 e. The van der Waals surface area contributed by atoms with Crippen molar-refractivity contribution in [2.24, 2.45) is 0 Å². The Labute approximate surface area is 173 Å². The van der Waals surface area contributed by atoms with Gasteiger partial charge >= 0.3 is 5.97 Å². The Hall–Kier alpha value is -3.67. The third-order valence-corrected chi connectivity index (χ3v) is 4.87. The highest BCUT2D eigenvalue weighted by atomic mass is 19.1. The van der Waals surface area contributed by atoms with Gasteiger partial charge in [-0.15, -0.1) is 0 Å². The molecule has 152 valence electrons. The molecule has 3 aromatic carbocycles. The Balaban J connectivity index is 1.29. The molecule has 0 bridgehead atoms. The van der Waals surface area contributed by atoms with Crippen LogP contribution in [0.4, 0.5) is 4.39 Å². The molecule has 1 unspecified atom stereocenters. The topological polar surface area (TPSA) is 64.6 Å². The van der Waals surface area contributed by atoms with Crippen LogP contribution in [0.15, 0.2) is 72.8 Å². The Morgan fingerprint density at radius 3 is 2.63 bits per heavy atom. The van der Waals surface area contributed by atoms with Crippen LogP contribution in [-0.2, 0) is 29.1 Å². The first-order valence-corrected chi connectivity index (χ1v) is 9.61. The van der Waals surface area contributed by atoms with Crippen LogP contribution in [0.5, 0.6) is 5.75 Å². The molecule has 1 N–H and O–H groups in total. The molecule has 4 rings (SSSR count). The molecular weight excluding hydrogens is 385 g/mol. The maximum absolute atomic E-state index is 13.2. The SMILES string of the molecule is O=C1OC(C(=O)NCc2ccc(OCc3cccc(F)c3)cc2)Cc2ccccc21. The predicted molar refractivity (Wildman–Crippen MR) is 108 cm³/mol. The molecule has 0 saturated heterocycles. The van der Waals surface area contributed by atoms with Crippen molar-refractivity contribution < 1.29 is 23.5 Å². The van der Waals surface area contributed by atoms with Crippen molar-refractivity contribution in [1.29, 1.82) is 0 Å². The van der Waals surface area contributed by atoms with Crippen molar-refractivity contribution in [2.75, 3.05) is 0 Å². The summed E-state index contributed by atoms with van der Waals surface area (Å²) in [5, 5.41) is 2.80. The van der Waals surface area contributed by atoms with Crippen molar-refractivity contribution in [3.63, 3.8) is 0 Å². The minimum absolute atomic E-state index is 0.266. The summed E-state index contributed by atoms with van der Waals surface area (Å²) in [4.78, 5) is 24.5. The lowest BCUT2D eigenvalue weighted by molar-refractivity contribution is -0.130. The van der Waals surface area contributed by atoms with Crippen molar-refractivity contribution in [3.05, 3.63) is 101 Å². The van der Waals surface area contributed by atoms with Gasteiger partial charge in [-0.2, -0.15) is 0 Å². The fourth-order valence-corrected chi connectivity index (χ4v) is 3.28. The number of nitrogens with one attached hydrogen (secondary N) is 1. The molecule has 1 atom stereocenters. The summed E-state index contributed by atoms with van der Waals surface area (Å²) < 4.78 is 24.1. The van der Waals surface area contributed by atoms with E-state index in [0.717, 1.165) is 16.7 Å². The zero-order valence-corrected chi connectivity index (χ0v) is 16.1. The Morgan fingerprint density at radius 1 is 1.03 bits per heavy atom. The van der Waals surface area contributed by atoms with Gasteiger partial charge in [-0.1, -0.05) is 42.5 Å². The minimum atomic E-state index is -0.832. The van der Waals surface area contributed by atoms with Crippen LogP contribution in [0.2, 0.25) is 0 Å². The van der Waals surface area contributed by atoms with Gasteiger partial charge in [0.15, 0.2) is 6.10 Å². The molecule has 5 nitrogen and oxygen atoms in total. The van der Waals surface area contributed by atoms with Gasteiger partial charge in [-0.25, -0.2) is 9.18 Å². The number of hydrogen-bond donors (Lipinski definition) is 1. The van der Waals surface area contributed by atoms with E-state index in [1.165, 1.54) is 12.1 Å². The van der Waals surface area contributed by atoms with E-state index in [1.807, 2.05) is 24.3 Å². The molecule has 30 heavy (non-hydrogen) atoms. The standard InChI is InChI=1S/C24H20FNO4/c25-19-6-3-4-17(12-19)15-29-20-10-8-16(9-11-20)14-26-23(27)22-13-18-5-1-2-7-21(18)24(28)30-22/h1-12,22H,13-15H2,(H,26,27). The van der Waals surface area contributed by atoms with Gasteiger partial charge in [0.2, 0.25) is 0 Å². The van der Waals surface area contributed by atoms with Crippen molar-refractivity contribution in [3.8, 4) is 5.75 Å². The number of carbonyl (C=O) groups is 2. The quantitative estimate of drug-likeness (QED) is 0.634. The number of ether oxygens (including phenoxy) is 2. The third-order valence-electron chi connectivity index (χ3n) is 4.87. The van der Waals surface area contributed by atoms with Gasteiger partial charge in [-0.05, 0) is 47.0 Å². The Morgan fingerprint density at radius 2 is 1.83 bits per heavy atom. The lowest BCUT2D eigenvalue weighted by atomic mass is 9.98. The summed E-state index contributed by atoms with van der Waals surface area (Å²) >= 11 is 0. The zero-order valence-electron chi connectivity index (χ0n) is 16.1. The summed E-state index contributed by atoms with van der Waals surface area (Å²) in [6.45, 7) is 0.571. The monoisotopic (exact) mass is 405 g/mol. The van der Waals surface area contributed by atoms with Crippen LogP contribution in [0.1, 0.15) is 27.0 Å². The Kier molecular flexibility index (Phi) is 5.75. The fourth-order valence-electron chi connectivity index (χ4n) is 3.28. The highest BCUT2D eigenvalue weighted by molar-refractivity contribution is 5.95. The van der Waals surface area contributed by atoms with Gasteiger partial charge in [-0.3, -0.25) is 4.79 Å². The van der Waals surface area contributed by atoms with Crippen LogP contribution in [0.3, 0.4) is 0 Å². The van der Waals surface area contributed by atoms with Crippen molar-refractivity contribution >= 4 is 11.9 Å². The summed E-state index contributed by atoms with van der Waals surface area (Å²) in [6, 6.07) is 20.6. The van der Waals surface area contributed by atoms with Gasteiger partial charge in [0, 0.05) is 13.0 Å². The third kappa shape index (κ3) is 4.66. The summed E-state index contributed by atoms with van der Waals surface area (Å²) in [5.74, 6) is -0.456. The molecule has 3 aromatic rings. The van der Waals surface area contributed by atoms with Gasteiger partial charge in [0.05, 0.1) is 5.56 Å². The number of benzene rings is 3. The number of halogens is 1. The second-order valence-electron chi connectivity index (χ2n) is 7.04. The van der Waals surface area contributed by atoms with E-state index in [4.69, 9.17) is 9.47 Å². The maximum Gasteiger partial charge on any atom is 0.339 e. The molecule has 1 aliphatic rings. The predicted octanol–water partition coefficient (Wildman–Crippen LogP) is 3.80. The van der Waals surface area contributed by atoms with Gasteiger partial charge < -0.3 is 14.8 Å². The smallest absolute Gasteiger partial charge is 0.339 e. The van der Waals surface area contributed by atoms with Crippen LogP contribution in [-0.4, -0.2) is 18.0 Å². The molecule has 1 aliphatic heterocycles.